The predicted octanol–water partition coefficient (Wildman–Crippen LogP) is 3.28. The van der Waals surface area contributed by atoms with E-state index in [0.29, 0.717) is 6.04 Å². The van der Waals surface area contributed by atoms with Crippen LogP contribution in [0.25, 0.3) is 11.0 Å². The number of fused-ring (bicyclic) bond motifs is 1. The number of imidazole rings is 1. The summed E-state index contributed by atoms with van der Waals surface area (Å²) < 4.78 is 2.22. The van der Waals surface area contributed by atoms with E-state index >= 15 is 0 Å². The van der Waals surface area contributed by atoms with E-state index in [1.807, 2.05) is 0 Å². The van der Waals surface area contributed by atoms with Gasteiger partial charge in [0.05, 0.1) is 11.0 Å². The van der Waals surface area contributed by atoms with Gasteiger partial charge in [0, 0.05) is 19.5 Å². The summed E-state index contributed by atoms with van der Waals surface area (Å²) in [7, 11) is 4.17. The van der Waals surface area contributed by atoms with Crippen LogP contribution < -0.4 is 5.32 Å². The molecule has 1 N–H and O–H groups in total. The Morgan fingerprint density at radius 3 is 2.74 bits per heavy atom. The lowest BCUT2D eigenvalue weighted by Gasteiger charge is -2.15. The quantitative estimate of drug-likeness (QED) is 0.773. The lowest BCUT2D eigenvalue weighted by atomic mass is 10.1. The Morgan fingerprint density at radius 1 is 1.26 bits per heavy atom. The van der Waals surface area contributed by atoms with Gasteiger partial charge in [-0.15, -0.1) is 0 Å². The Kier molecular flexibility index (Phi) is 4.97. The van der Waals surface area contributed by atoms with Gasteiger partial charge in [-0.1, -0.05) is 38.3 Å². The zero-order chi connectivity index (χ0) is 13.7. The molecule has 0 saturated heterocycles. The number of nitrogens with zero attached hydrogens (tertiary/aromatic N) is 2. The van der Waals surface area contributed by atoms with Gasteiger partial charge in [-0.2, -0.15) is 0 Å². The van der Waals surface area contributed by atoms with E-state index in [2.05, 4.69) is 55.2 Å². The third-order valence-electron chi connectivity index (χ3n) is 3.87. The summed E-state index contributed by atoms with van der Waals surface area (Å²) in [5, 5.41) is 3.43. The van der Waals surface area contributed by atoms with E-state index in [-0.39, 0.29) is 0 Å². The number of likely N-dealkylation sites (N-methyl/N-ethyl adjacent to an activating group) is 1. The SMILES string of the molecule is CCCCCC(Cc1nc2ccccc2n1C)NC. The van der Waals surface area contributed by atoms with Gasteiger partial charge >= 0.3 is 0 Å². The molecule has 0 bridgehead atoms. The third-order valence-corrected chi connectivity index (χ3v) is 3.87. The highest BCUT2D eigenvalue weighted by atomic mass is 15.1. The molecule has 19 heavy (non-hydrogen) atoms. The maximum Gasteiger partial charge on any atom is 0.111 e. The fourth-order valence-corrected chi connectivity index (χ4v) is 2.59. The van der Waals surface area contributed by atoms with Crippen molar-refractivity contribution in [3.05, 3.63) is 30.1 Å². The molecule has 1 atom stereocenters. The molecule has 1 heterocycles. The van der Waals surface area contributed by atoms with Crippen LogP contribution in [0.5, 0.6) is 0 Å². The molecule has 0 amide bonds. The largest absolute Gasteiger partial charge is 0.331 e. The average Bonchev–Trinajstić information content (AvgIpc) is 2.75. The highest BCUT2D eigenvalue weighted by Crippen LogP contribution is 2.16. The molecule has 1 unspecified atom stereocenters. The van der Waals surface area contributed by atoms with E-state index in [1.54, 1.807) is 0 Å². The first-order valence-electron chi connectivity index (χ1n) is 7.33. The summed E-state index contributed by atoms with van der Waals surface area (Å²) >= 11 is 0. The van der Waals surface area contributed by atoms with E-state index in [1.165, 1.54) is 37.0 Å². The van der Waals surface area contributed by atoms with Crippen LogP contribution in [0.2, 0.25) is 0 Å². The number of hydrogen-bond acceptors (Lipinski definition) is 2. The highest BCUT2D eigenvalue weighted by Gasteiger charge is 2.12. The first kappa shape index (κ1) is 14.1. The zero-order valence-corrected chi connectivity index (χ0v) is 12.3. The monoisotopic (exact) mass is 259 g/mol. The summed E-state index contributed by atoms with van der Waals surface area (Å²) in [4.78, 5) is 4.75. The minimum Gasteiger partial charge on any atom is -0.331 e. The number of nitrogens with one attached hydrogen (secondary N) is 1. The molecule has 1 aromatic carbocycles. The molecule has 0 aliphatic rings. The van der Waals surface area contributed by atoms with Gasteiger partial charge in [0.15, 0.2) is 0 Å². The van der Waals surface area contributed by atoms with Crippen molar-refractivity contribution in [2.24, 2.45) is 7.05 Å². The number of aryl methyl sites for hydroxylation is 1. The van der Waals surface area contributed by atoms with Gasteiger partial charge in [0.25, 0.3) is 0 Å². The molecule has 0 radical (unpaired) electrons. The summed E-state index contributed by atoms with van der Waals surface area (Å²) in [6.07, 6.45) is 6.13. The van der Waals surface area contributed by atoms with Gasteiger partial charge in [-0.05, 0) is 25.6 Å². The van der Waals surface area contributed by atoms with Crippen LogP contribution in [-0.2, 0) is 13.5 Å². The Bertz CT molecular complexity index is 516. The molecular formula is C16H25N3. The van der Waals surface area contributed by atoms with Crippen molar-refractivity contribution in [2.45, 2.75) is 45.1 Å². The van der Waals surface area contributed by atoms with Crippen LogP contribution >= 0.6 is 0 Å². The average molecular weight is 259 g/mol. The maximum atomic E-state index is 4.75. The molecule has 0 spiro atoms. The molecule has 2 aromatic rings. The fourth-order valence-electron chi connectivity index (χ4n) is 2.59. The fraction of sp³-hybridized carbons (Fsp3) is 0.562. The van der Waals surface area contributed by atoms with Crippen molar-refractivity contribution >= 4 is 11.0 Å². The summed E-state index contributed by atoms with van der Waals surface area (Å²) in [5.41, 5.74) is 2.32. The first-order chi connectivity index (χ1) is 9.26. The topological polar surface area (TPSA) is 29.9 Å². The smallest absolute Gasteiger partial charge is 0.111 e. The normalized spacial score (nSPS) is 13.0. The molecule has 0 fully saturated rings. The van der Waals surface area contributed by atoms with Gasteiger partial charge in [0.1, 0.15) is 5.82 Å². The summed E-state index contributed by atoms with van der Waals surface area (Å²) in [6, 6.07) is 8.88. The van der Waals surface area contributed by atoms with E-state index in [0.717, 1.165) is 11.9 Å². The number of benzene rings is 1. The van der Waals surface area contributed by atoms with Gasteiger partial charge < -0.3 is 9.88 Å². The lowest BCUT2D eigenvalue weighted by molar-refractivity contribution is 0.477. The first-order valence-corrected chi connectivity index (χ1v) is 7.33. The predicted molar refractivity (Wildman–Crippen MR) is 81.4 cm³/mol. The Labute approximate surface area is 116 Å². The van der Waals surface area contributed by atoms with Crippen LogP contribution in [-0.4, -0.2) is 22.6 Å². The van der Waals surface area contributed by atoms with Crippen LogP contribution in [0.15, 0.2) is 24.3 Å². The van der Waals surface area contributed by atoms with Crippen LogP contribution in [0.1, 0.15) is 38.4 Å². The number of unbranched alkanes of at least 4 members (excludes halogenated alkanes) is 2. The molecule has 3 heteroatoms. The molecule has 1 aromatic heterocycles. The van der Waals surface area contributed by atoms with Crippen molar-refractivity contribution in [1.82, 2.24) is 14.9 Å². The van der Waals surface area contributed by atoms with Crippen molar-refractivity contribution in [3.8, 4) is 0 Å². The zero-order valence-electron chi connectivity index (χ0n) is 12.3. The van der Waals surface area contributed by atoms with Gasteiger partial charge in [0.2, 0.25) is 0 Å². The molecule has 104 valence electrons. The number of para-hydroxylation sites is 2. The molecule has 0 saturated carbocycles. The second-order valence-corrected chi connectivity index (χ2v) is 5.26. The highest BCUT2D eigenvalue weighted by molar-refractivity contribution is 5.75. The van der Waals surface area contributed by atoms with Crippen molar-refractivity contribution in [2.75, 3.05) is 7.05 Å². The molecular weight excluding hydrogens is 234 g/mol. The Morgan fingerprint density at radius 2 is 2.05 bits per heavy atom. The second-order valence-electron chi connectivity index (χ2n) is 5.26. The number of aromatic nitrogens is 2. The maximum absolute atomic E-state index is 4.75. The number of rotatable bonds is 7. The summed E-state index contributed by atoms with van der Waals surface area (Å²) in [5.74, 6) is 1.18. The van der Waals surface area contributed by atoms with E-state index in [4.69, 9.17) is 4.98 Å². The Hall–Kier alpha value is -1.35. The van der Waals surface area contributed by atoms with Crippen LogP contribution in [0, 0.1) is 0 Å². The van der Waals surface area contributed by atoms with Crippen molar-refractivity contribution in [3.63, 3.8) is 0 Å². The van der Waals surface area contributed by atoms with Crippen LogP contribution in [0.4, 0.5) is 0 Å². The minimum atomic E-state index is 0.530. The minimum absolute atomic E-state index is 0.530. The Balaban J connectivity index is 2.08. The molecule has 3 nitrogen and oxygen atoms in total. The molecule has 2 rings (SSSR count). The van der Waals surface area contributed by atoms with E-state index < -0.39 is 0 Å². The van der Waals surface area contributed by atoms with E-state index in [9.17, 15) is 0 Å². The number of hydrogen-bond donors (Lipinski definition) is 1. The van der Waals surface area contributed by atoms with Crippen molar-refractivity contribution < 1.29 is 0 Å². The lowest BCUT2D eigenvalue weighted by Crippen LogP contribution is -2.28. The molecule has 0 aliphatic heterocycles. The van der Waals surface area contributed by atoms with Gasteiger partial charge in [-0.3, -0.25) is 0 Å². The molecule has 0 aliphatic carbocycles. The standard InChI is InChI=1S/C16H25N3/c1-4-5-6-9-13(17-2)12-16-18-14-10-7-8-11-15(14)19(16)3/h7-8,10-11,13,17H,4-6,9,12H2,1-3H3. The third kappa shape index (κ3) is 3.35. The second kappa shape index (κ2) is 6.71. The summed E-state index contributed by atoms with van der Waals surface area (Å²) in [6.45, 7) is 2.25. The van der Waals surface area contributed by atoms with Crippen molar-refractivity contribution in [1.29, 1.82) is 0 Å². The van der Waals surface area contributed by atoms with Gasteiger partial charge in [-0.25, -0.2) is 4.98 Å². The van der Waals surface area contributed by atoms with Crippen LogP contribution in [0.3, 0.4) is 0 Å².